The third-order valence-electron chi connectivity index (χ3n) is 9.71. The topological polar surface area (TPSA) is 18.5 Å². The molecule has 0 amide bonds. The molecule has 0 saturated heterocycles. The van der Waals surface area contributed by atoms with Crippen molar-refractivity contribution >= 4 is 45.5 Å². The quantitative estimate of drug-likeness (QED) is 0.197. The first kappa shape index (κ1) is 35.8. The number of hydrogen-bond acceptors (Lipinski definition) is 2. The Kier molecular flexibility index (Phi) is 15.8. The van der Waals surface area contributed by atoms with E-state index in [4.69, 9.17) is 28.5 Å². The molecule has 0 aromatic heterocycles. The number of rotatable bonds is 8. The molecular formula is C34H48Cl2F2O2P2Pd. The first-order valence-corrected chi connectivity index (χ1v) is 23.0. The van der Waals surface area contributed by atoms with Gasteiger partial charge in [-0.1, -0.05) is 67.2 Å². The van der Waals surface area contributed by atoms with E-state index in [1.165, 1.54) is 113 Å². The zero-order valence-corrected chi connectivity index (χ0v) is 30.5. The Morgan fingerprint density at radius 1 is 0.558 bits per heavy atom. The van der Waals surface area contributed by atoms with Gasteiger partial charge in [0, 0.05) is 22.7 Å². The fourth-order valence-electron chi connectivity index (χ4n) is 7.84. The van der Waals surface area contributed by atoms with Crippen LogP contribution in [0.5, 0.6) is 11.5 Å². The second kappa shape index (κ2) is 19.0. The zero-order valence-electron chi connectivity index (χ0n) is 25.6. The molecule has 0 spiro atoms. The summed E-state index contributed by atoms with van der Waals surface area (Å²) in [5, 5.41) is 2.64. The molecule has 0 radical (unpaired) electrons. The molecule has 6 rings (SSSR count). The summed E-state index contributed by atoms with van der Waals surface area (Å²) in [6.07, 6.45) is 21.9. The van der Waals surface area contributed by atoms with E-state index in [-0.39, 0.29) is 43.4 Å². The van der Waals surface area contributed by atoms with Crippen LogP contribution in [0.4, 0.5) is 8.78 Å². The standard InChI is InChI=1S/2C17H24FOP.2ClH.Pd/c2*1-19-16-12-13(18)10-11-17(16)20(14-6-2-3-7-14)15-8-4-5-9-15;;;/h2*10-12,14-15H,2-9H2,1H3;2*1H;/q;;;;+2/p-2. The van der Waals surface area contributed by atoms with Crippen LogP contribution in [-0.2, 0) is 15.9 Å². The molecule has 43 heavy (non-hydrogen) atoms. The van der Waals surface area contributed by atoms with Crippen LogP contribution in [-0.4, -0.2) is 36.9 Å². The van der Waals surface area contributed by atoms with Crippen molar-refractivity contribution in [2.75, 3.05) is 14.2 Å². The van der Waals surface area contributed by atoms with Crippen molar-refractivity contribution in [3.63, 3.8) is 0 Å². The van der Waals surface area contributed by atoms with Crippen LogP contribution >= 0.6 is 34.9 Å². The average molecular weight is 766 g/mol. The van der Waals surface area contributed by atoms with Crippen molar-refractivity contribution in [1.82, 2.24) is 0 Å². The third-order valence-corrected chi connectivity index (χ3v) is 16.8. The maximum absolute atomic E-state index is 13.5. The summed E-state index contributed by atoms with van der Waals surface area (Å²) in [5.41, 5.74) is 3.36. The number of benzene rings is 2. The van der Waals surface area contributed by atoms with Crippen LogP contribution in [0.3, 0.4) is 0 Å². The normalized spacial score (nSPS) is 20.0. The van der Waals surface area contributed by atoms with E-state index in [2.05, 4.69) is 0 Å². The van der Waals surface area contributed by atoms with E-state index in [1.807, 2.05) is 12.1 Å². The molecule has 9 heteroatoms. The summed E-state index contributed by atoms with van der Waals surface area (Å²) in [6.45, 7) is 0. The number of methoxy groups -OCH3 is 2. The van der Waals surface area contributed by atoms with E-state index < -0.39 is 0 Å². The Hall–Kier alpha value is 0.00234. The summed E-state index contributed by atoms with van der Waals surface area (Å²) in [5.74, 6) is 1.21. The Morgan fingerprint density at radius 3 is 1.05 bits per heavy atom. The fourth-order valence-corrected chi connectivity index (χ4v) is 15.6. The van der Waals surface area contributed by atoms with Gasteiger partial charge in [0.15, 0.2) is 0 Å². The van der Waals surface area contributed by atoms with Crippen LogP contribution in [0, 0.1) is 11.6 Å². The van der Waals surface area contributed by atoms with Crippen molar-refractivity contribution in [3.8, 4) is 11.5 Å². The van der Waals surface area contributed by atoms with Crippen LogP contribution in [0.2, 0.25) is 0 Å². The first-order chi connectivity index (χ1) is 21.0. The Bertz CT molecular complexity index is 988. The van der Waals surface area contributed by atoms with Crippen molar-refractivity contribution in [1.29, 1.82) is 0 Å². The van der Waals surface area contributed by atoms with Crippen LogP contribution < -0.4 is 20.1 Å². The molecule has 2 aromatic rings. The molecule has 4 aliphatic carbocycles. The molecule has 4 saturated carbocycles. The maximum atomic E-state index is 13.5. The molecular weight excluding hydrogens is 718 g/mol. The van der Waals surface area contributed by atoms with Crippen molar-refractivity contribution in [3.05, 3.63) is 48.0 Å². The zero-order chi connectivity index (χ0) is 30.6. The SMILES string of the molecule is COc1cc(F)ccc1P(C1CCCC1)C1CCCC1.COc1cc(F)ccc1P(C1CCCC1)C1CCCC1.[Cl][Pd][Cl]. The molecule has 2 nitrogen and oxygen atoms in total. The minimum atomic E-state index is -0.189. The number of halogens is 4. The summed E-state index contributed by atoms with van der Waals surface area (Å²) in [6, 6.07) is 10.4. The van der Waals surface area contributed by atoms with Gasteiger partial charge < -0.3 is 9.47 Å². The Morgan fingerprint density at radius 2 is 0.814 bits per heavy atom. The van der Waals surface area contributed by atoms with E-state index >= 15 is 0 Å². The van der Waals surface area contributed by atoms with Gasteiger partial charge in [-0.05, 0) is 98.3 Å². The van der Waals surface area contributed by atoms with Crippen molar-refractivity contribution in [2.24, 2.45) is 0 Å². The molecule has 0 N–H and O–H groups in total. The molecule has 0 heterocycles. The summed E-state index contributed by atoms with van der Waals surface area (Å²) >= 11 is -0.106. The van der Waals surface area contributed by atoms with Crippen molar-refractivity contribution in [2.45, 2.75) is 125 Å². The predicted molar refractivity (Wildman–Crippen MR) is 180 cm³/mol. The van der Waals surface area contributed by atoms with Gasteiger partial charge >= 0.3 is 35.0 Å². The Labute approximate surface area is 277 Å². The van der Waals surface area contributed by atoms with E-state index in [0.717, 1.165) is 34.1 Å². The predicted octanol–water partition coefficient (Wildman–Crippen LogP) is 11.0. The van der Waals surface area contributed by atoms with Gasteiger partial charge in [0.05, 0.1) is 14.2 Å². The van der Waals surface area contributed by atoms with E-state index in [9.17, 15) is 8.78 Å². The Balaban J connectivity index is 0.000000181. The monoisotopic (exact) mass is 764 g/mol. The second-order valence-electron chi connectivity index (χ2n) is 12.2. The third kappa shape index (κ3) is 10.00. The fraction of sp³-hybridized carbons (Fsp3) is 0.647. The summed E-state index contributed by atoms with van der Waals surface area (Å²) in [7, 11) is 12.6. The summed E-state index contributed by atoms with van der Waals surface area (Å²) < 4.78 is 38.0. The van der Waals surface area contributed by atoms with E-state index in [0.29, 0.717) is 0 Å². The van der Waals surface area contributed by atoms with E-state index in [1.54, 1.807) is 38.5 Å². The van der Waals surface area contributed by atoms with Gasteiger partial charge in [-0.15, -0.1) is 0 Å². The number of hydrogen-bond donors (Lipinski definition) is 0. The van der Waals surface area contributed by atoms with Gasteiger partial charge in [0.2, 0.25) is 0 Å². The number of ether oxygens (including phenoxy) is 2. The van der Waals surface area contributed by atoms with Gasteiger partial charge in [0.25, 0.3) is 0 Å². The molecule has 2 aromatic carbocycles. The van der Waals surface area contributed by atoms with Gasteiger partial charge in [-0.3, -0.25) is 0 Å². The molecule has 0 atom stereocenters. The van der Waals surface area contributed by atoms with Crippen LogP contribution in [0.1, 0.15) is 103 Å². The van der Waals surface area contributed by atoms with Gasteiger partial charge in [-0.2, -0.15) is 0 Å². The molecule has 4 fully saturated rings. The minimum absolute atomic E-state index is 0.106. The molecule has 4 aliphatic rings. The van der Waals surface area contributed by atoms with Gasteiger partial charge in [-0.25, -0.2) is 8.78 Å². The van der Waals surface area contributed by atoms with Crippen LogP contribution in [0.15, 0.2) is 36.4 Å². The summed E-state index contributed by atoms with van der Waals surface area (Å²) in [4.78, 5) is 0. The molecule has 0 bridgehead atoms. The second-order valence-corrected chi connectivity index (χ2v) is 20.1. The van der Waals surface area contributed by atoms with Crippen LogP contribution in [0.25, 0.3) is 0 Å². The van der Waals surface area contributed by atoms with Gasteiger partial charge in [0.1, 0.15) is 23.1 Å². The average Bonchev–Trinajstić information content (AvgIpc) is 3.85. The first-order valence-electron chi connectivity index (χ1n) is 16.1. The molecule has 0 aliphatic heterocycles. The molecule has 244 valence electrons. The molecule has 0 unspecified atom stereocenters. The van der Waals surface area contributed by atoms with Crippen molar-refractivity contribution < 1.29 is 34.2 Å².